The average Bonchev–Trinajstić information content (AvgIpc) is 3.48. The Kier molecular flexibility index (Phi) is 6.24. The third-order valence-corrected chi connectivity index (χ3v) is 6.30. The minimum absolute atomic E-state index is 0.164. The highest BCUT2D eigenvalue weighted by molar-refractivity contribution is 5.92. The van der Waals surface area contributed by atoms with Gasteiger partial charge in [-0.3, -0.25) is 4.79 Å². The molecule has 5 heteroatoms. The second-order valence-electron chi connectivity index (χ2n) is 8.62. The lowest BCUT2D eigenvalue weighted by Gasteiger charge is -2.34. The molecule has 1 saturated carbocycles. The average molecular weight is 396 g/mol. The molecule has 4 rings (SSSR count). The van der Waals surface area contributed by atoms with Gasteiger partial charge in [0.1, 0.15) is 11.4 Å². The third-order valence-electron chi connectivity index (χ3n) is 6.30. The molecular weight excluding hydrogens is 362 g/mol. The van der Waals surface area contributed by atoms with Crippen LogP contribution in [0.5, 0.6) is 5.75 Å². The van der Waals surface area contributed by atoms with Crippen molar-refractivity contribution in [3.8, 4) is 5.75 Å². The van der Waals surface area contributed by atoms with Crippen LogP contribution < -0.4 is 4.74 Å². The van der Waals surface area contributed by atoms with Crippen molar-refractivity contribution in [1.82, 2.24) is 14.4 Å². The number of hydrogen-bond donors (Lipinski definition) is 0. The van der Waals surface area contributed by atoms with Crippen LogP contribution in [0.15, 0.2) is 42.6 Å². The van der Waals surface area contributed by atoms with E-state index in [1.54, 1.807) is 7.11 Å². The molecule has 1 aliphatic carbocycles. The topological polar surface area (TPSA) is 37.7 Å². The van der Waals surface area contributed by atoms with Crippen LogP contribution in [0.2, 0.25) is 0 Å². The number of benzene rings is 1. The summed E-state index contributed by atoms with van der Waals surface area (Å²) in [6.07, 6.45) is 7.93. The first-order valence-electron chi connectivity index (χ1n) is 10.9. The molecule has 29 heavy (non-hydrogen) atoms. The van der Waals surface area contributed by atoms with Gasteiger partial charge in [0.25, 0.3) is 5.91 Å². The molecule has 1 atom stereocenters. The van der Waals surface area contributed by atoms with E-state index in [1.807, 2.05) is 36.2 Å². The van der Waals surface area contributed by atoms with Gasteiger partial charge in [-0.25, -0.2) is 0 Å². The standard InChI is InChI=1S/C24H33N3O2/c1-25(24(28)23-6-4-15-27(23)21-9-10-21)17-20-5-3-14-26(18-20)16-13-19-7-11-22(29-2)12-8-19/h4,6-8,11-12,15,20-21H,3,5,9-10,13-14,16-18H2,1-2H3. The Hall–Kier alpha value is -2.27. The minimum Gasteiger partial charge on any atom is -0.497 e. The maximum Gasteiger partial charge on any atom is 0.270 e. The van der Waals surface area contributed by atoms with Gasteiger partial charge in [-0.1, -0.05) is 12.1 Å². The molecule has 2 fully saturated rings. The van der Waals surface area contributed by atoms with Crippen LogP contribution in [0.25, 0.3) is 0 Å². The lowest BCUT2D eigenvalue weighted by Crippen LogP contribution is -2.42. The minimum atomic E-state index is 0.164. The molecule has 1 aliphatic heterocycles. The molecule has 0 spiro atoms. The van der Waals surface area contributed by atoms with E-state index in [0.717, 1.165) is 44.0 Å². The van der Waals surface area contributed by atoms with Gasteiger partial charge in [0, 0.05) is 38.9 Å². The summed E-state index contributed by atoms with van der Waals surface area (Å²) in [4.78, 5) is 17.5. The molecule has 0 bridgehead atoms. The predicted molar refractivity (Wildman–Crippen MR) is 116 cm³/mol. The highest BCUT2D eigenvalue weighted by Gasteiger charge is 2.29. The Labute approximate surface area is 174 Å². The zero-order valence-electron chi connectivity index (χ0n) is 17.7. The number of piperidine rings is 1. The maximum atomic E-state index is 13.0. The van der Waals surface area contributed by atoms with Crippen LogP contribution in [-0.2, 0) is 6.42 Å². The highest BCUT2D eigenvalue weighted by atomic mass is 16.5. The second kappa shape index (κ2) is 9.04. The quantitative estimate of drug-likeness (QED) is 0.681. The summed E-state index contributed by atoms with van der Waals surface area (Å²) in [5.41, 5.74) is 2.20. The molecule has 2 aromatic rings. The molecule has 1 saturated heterocycles. The van der Waals surface area contributed by atoms with Crippen molar-refractivity contribution in [3.05, 3.63) is 53.9 Å². The number of aromatic nitrogens is 1. The SMILES string of the molecule is COc1ccc(CCN2CCCC(CN(C)C(=O)c3cccn3C3CC3)C2)cc1. The van der Waals surface area contributed by atoms with Gasteiger partial charge < -0.3 is 19.1 Å². The molecule has 1 amide bonds. The Morgan fingerprint density at radius 3 is 2.69 bits per heavy atom. The highest BCUT2D eigenvalue weighted by Crippen LogP contribution is 2.36. The van der Waals surface area contributed by atoms with Gasteiger partial charge in [-0.2, -0.15) is 0 Å². The van der Waals surface area contributed by atoms with E-state index in [2.05, 4.69) is 27.8 Å². The Balaban J connectivity index is 1.27. The summed E-state index contributed by atoms with van der Waals surface area (Å²) < 4.78 is 7.41. The van der Waals surface area contributed by atoms with Crippen LogP contribution in [0.3, 0.4) is 0 Å². The monoisotopic (exact) mass is 395 g/mol. The van der Waals surface area contributed by atoms with Gasteiger partial charge in [0.2, 0.25) is 0 Å². The molecular formula is C24H33N3O2. The molecule has 1 aromatic heterocycles. The smallest absolute Gasteiger partial charge is 0.270 e. The zero-order valence-corrected chi connectivity index (χ0v) is 17.7. The van der Waals surface area contributed by atoms with Gasteiger partial charge >= 0.3 is 0 Å². The molecule has 2 aliphatic rings. The van der Waals surface area contributed by atoms with Gasteiger partial charge in [-0.05, 0) is 74.4 Å². The number of carbonyl (C=O) groups is 1. The lowest BCUT2D eigenvalue weighted by atomic mass is 9.97. The second-order valence-corrected chi connectivity index (χ2v) is 8.62. The van der Waals surface area contributed by atoms with E-state index < -0.39 is 0 Å². The predicted octanol–water partition coefficient (Wildman–Crippen LogP) is 3.86. The molecule has 5 nitrogen and oxygen atoms in total. The number of nitrogens with zero attached hydrogens (tertiary/aromatic N) is 3. The summed E-state index contributed by atoms with van der Waals surface area (Å²) >= 11 is 0. The first-order valence-corrected chi connectivity index (χ1v) is 10.9. The van der Waals surface area contributed by atoms with Gasteiger partial charge in [0.05, 0.1) is 7.11 Å². The van der Waals surface area contributed by atoms with E-state index in [4.69, 9.17) is 4.74 Å². The molecule has 1 unspecified atom stereocenters. The largest absolute Gasteiger partial charge is 0.497 e. The molecule has 2 heterocycles. The molecule has 156 valence electrons. The fraction of sp³-hybridized carbons (Fsp3) is 0.542. The van der Waals surface area contributed by atoms with E-state index in [1.165, 1.54) is 31.2 Å². The molecule has 0 radical (unpaired) electrons. The first kappa shape index (κ1) is 20.0. The third kappa shape index (κ3) is 5.02. The number of amides is 1. The van der Waals surface area contributed by atoms with Crippen molar-refractivity contribution in [1.29, 1.82) is 0 Å². The number of methoxy groups -OCH3 is 1. The number of ether oxygens (including phenoxy) is 1. The Bertz CT molecular complexity index is 810. The van der Waals surface area contributed by atoms with Crippen molar-refractivity contribution < 1.29 is 9.53 Å². The van der Waals surface area contributed by atoms with Gasteiger partial charge in [0.15, 0.2) is 0 Å². The van der Waals surface area contributed by atoms with Crippen LogP contribution in [-0.4, -0.2) is 60.6 Å². The summed E-state index contributed by atoms with van der Waals surface area (Å²) in [6, 6.07) is 12.9. The van der Waals surface area contributed by atoms with Crippen molar-refractivity contribution in [2.75, 3.05) is 40.3 Å². The summed E-state index contributed by atoms with van der Waals surface area (Å²) in [5, 5.41) is 0. The van der Waals surface area contributed by atoms with E-state index in [-0.39, 0.29) is 5.91 Å². The molecule has 1 aromatic carbocycles. The number of likely N-dealkylation sites (tertiary alicyclic amines) is 1. The fourth-order valence-electron chi connectivity index (χ4n) is 4.49. The number of rotatable bonds is 8. The van der Waals surface area contributed by atoms with Crippen LogP contribution in [0.1, 0.15) is 47.8 Å². The van der Waals surface area contributed by atoms with Crippen molar-refractivity contribution in [2.45, 2.75) is 38.1 Å². The van der Waals surface area contributed by atoms with Crippen molar-refractivity contribution in [3.63, 3.8) is 0 Å². The van der Waals surface area contributed by atoms with Crippen LogP contribution in [0.4, 0.5) is 0 Å². The Morgan fingerprint density at radius 2 is 1.97 bits per heavy atom. The maximum absolute atomic E-state index is 13.0. The number of hydrogen-bond acceptors (Lipinski definition) is 3. The van der Waals surface area contributed by atoms with E-state index in [9.17, 15) is 4.79 Å². The first-order chi connectivity index (χ1) is 14.1. The van der Waals surface area contributed by atoms with Crippen molar-refractivity contribution in [2.24, 2.45) is 5.92 Å². The normalized spacial score (nSPS) is 19.9. The lowest BCUT2D eigenvalue weighted by molar-refractivity contribution is 0.0720. The fourth-order valence-corrected chi connectivity index (χ4v) is 4.49. The van der Waals surface area contributed by atoms with E-state index in [0.29, 0.717) is 12.0 Å². The number of carbonyl (C=O) groups excluding carboxylic acids is 1. The van der Waals surface area contributed by atoms with Crippen LogP contribution in [0, 0.1) is 5.92 Å². The Morgan fingerprint density at radius 1 is 1.17 bits per heavy atom. The van der Waals surface area contributed by atoms with E-state index >= 15 is 0 Å². The summed E-state index contributed by atoms with van der Waals surface area (Å²) in [7, 11) is 3.66. The summed E-state index contributed by atoms with van der Waals surface area (Å²) in [6.45, 7) is 4.16. The summed E-state index contributed by atoms with van der Waals surface area (Å²) in [5.74, 6) is 1.63. The van der Waals surface area contributed by atoms with Gasteiger partial charge in [-0.15, -0.1) is 0 Å². The zero-order chi connectivity index (χ0) is 20.2. The van der Waals surface area contributed by atoms with Crippen LogP contribution >= 0.6 is 0 Å². The van der Waals surface area contributed by atoms with Crippen molar-refractivity contribution >= 4 is 5.91 Å². The molecule has 0 N–H and O–H groups in total.